The molecule has 0 aromatic rings. The molecule has 0 aromatic heterocycles. The highest BCUT2D eigenvalue weighted by molar-refractivity contribution is 5.66. The molecule has 26 heavy (non-hydrogen) atoms. The Labute approximate surface area is 156 Å². The van der Waals surface area contributed by atoms with Crippen LogP contribution in [0.25, 0.3) is 0 Å². The standard InChI is InChI=1S/C22H32O4/c1-13(23)25-16-5-7-17-15(12-16)4-6-19-18(17)10-11-22(3)20(19)8-9-21(22)26-14(2)24/h16,18-21H,4-12H2,1-3H3/t16-,18?,19?,20?,21+,22+/m1/s1. The van der Waals surface area contributed by atoms with Gasteiger partial charge in [0, 0.05) is 25.7 Å². The molecule has 6 atom stereocenters. The Morgan fingerprint density at radius 2 is 1.73 bits per heavy atom. The third-order valence-electron chi connectivity index (χ3n) is 7.88. The number of fused-ring (bicyclic) bond motifs is 4. The lowest BCUT2D eigenvalue weighted by molar-refractivity contribution is -0.155. The molecule has 4 heteroatoms. The molecular formula is C22H32O4. The van der Waals surface area contributed by atoms with Gasteiger partial charge in [-0.15, -0.1) is 0 Å². The maximum atomic E-state index is 11.5. The maximum absolute atomic E-state index is 11.5. The lowest BCUT2D eigenvalue weighted by Gasteiger charge is -2.52. The molecule has 3 unspecified atom stereocenters. The minimum atomic E-state index is -0.149. The lowest BCUT2D eigenvalue weighted by Crippen LogP contribution is -2.46. The molecule has 0 saturated heterocycles. The van der Waals surface area contributed by atoms with Crippen molar-refractivity contribution in [3.63, 3.8) is 0 Å². The maximum Gasteiger partial charge on any atom is 0.302 e. The van der Waals surface area contributed by atoms with Gasteiger partial charge >= 0.3 is 11.9 Å². The van der Waals surface area contributed by atoms with E-state index in [1.807, 2.05) is 0 Å². The van der Waals surface area contributed by atoms with Gasteiger partial charge in [-0.2, -0.15) is 0 Å². The van der Waals surface area contributed by atoms with Crippen molar-refractivity contribution in [2.24, 2.45) is 23.2 Å². The fraction of sp³-hybridized carbons (Fsp3) is 0.818. The highest BCUT2D eigenvalue weighted by Gasteiger charge is 2.56. The second-order valence-electron chi connectivity index (χ2n) is 9.24. The molecule has 0 bridgehead atoms. The van der Waals surface area contributed by atoms with Crippen molar-refractivity contribution < 1.29 is 19.1 Å². The minimum Gasteiger partial charge on any atom is -0.462 e. The summed E-state index contributed by atoms with van der Waals surface area (Å²) in [6.45, 7) is 5.43. The van der Waals surface area contributed by atoms with Gasteiger partial charge in [0.05, 0.1) is 0 Å². The van der Waals surface area contributed by atoms with Crippen LogP contribution >= 0.6 is 0 Å². The minimum absolute atomic E-state index is 0.0940. The second kappa shape index (κ2) is 6.69. The quantitative estimate of drug-likeness (QED) is 0.535. The van der Waals surface area contributed by atoms with Crippen molar-refractivity contribution in [3.8, 4) is 0 Å². The van der Waals surface area contributed by atoms with Gasteiger partial charge in [-0.1, -0.05) is 18.1 Å². The molecule has 2 fully saturated rings. The lowest BCUT2D eigenvalue weighted by atomic mass is 9.54. The molecule has 0 heterocycles. The number of hydrogen-bond acceptors (Lipinski definition) is 4. The molecule has 4 aliphatic carbocycles. The van der Waals surface area contributed by atoms with Gasteiger partial charge in [0.25, 0.3) is 0 Å². The summed E-state index contributed by atoms with van der Waals surface area (Å²) < 4.78 is 11.2. The summed E-state index contributed by atoms with van der Waals surface area (Å²) >= 11 is 0. The largest absolute Gasteiger partial charge is 0.462 e. The van der Waals surface area contributed by atoms with Gasteiger partial charge in [-0.05, 0) is 69.1 Å². The first-order valence-corrected chi connectivity index (χ1v) is 10.4. The summed E-state index contributed by atoms with van der Waals surface area (Å²) in [5.74, 6) is 1.87. The van der Waals surface area contributed by atoms with Crippen LogP contribution < -0.4 is 0 Å². The Hall–Kier alpha value is -1.32. The fourth-order valence-corrected chi connectivity index (χ4v) is 6.86. The zero-order chi connectivity index (χ0) is 18.5. The van der Waals surface area contributed by atoms with Crippen LogP contribution in [0.15, 0.2) is 11.1 Å². The summed E-state index contributed by atoms with van der Waals surface area (Å²) in [6.07, 6.45) is 10.3. The van der Waals surface area contributed by atoms with E-state index in [4.69, 9.17) is 9.47 Å². The Morgan fingerprint density at radius 1 is 0.962 bits per heavy atom. The van der Waals surface area contributed by atoms with E-state index in [1.165, 1.54) is 39.0 Å². The van der Waals surface area contributed by atoms with Crippen LogP contribution in [0.2, 0.25) is 0 Å². The first-order chi connectivity index (χ1) is 12.4. The van der Waals surface area contributed by atoms with Gasteiger partial charge < -0.3 is 9.47 Å². The van der Waals surface area contributed by atoms with E-state index in [9.17, 15) is 9.59 Å². The average molecular weight is 360 g/mol. The zero-order valence-corrected chi connectivity index (χ0v) is 16.4. The molecule has 0 N–H and O–H groups in total. The second-order valence-corrected chi connectivity index (χ2v) is 9.24. The molecule has 0 aromatic carbocycles. The van der Waals surface area contributed by atoms with Crippen molar-refractivity contribution in [2.45, 2.75) is 90.8 Å². The van der Waals surface area contributed by atoms with Gasteiger partial charge in [-0.3, -0.25) is 9.59 Å². The highest BCUT2D eigenvalue weighted by atomic mass is 16.5. The molecule has 0 spiro atoms. The summed E-state index contributed by atoms with van der Waals surface area (Å²) in [4.78, 5) is 22.8. The molecule has 2 saturated carbocycles. The third-order valence-corrected chi connectivity index (χ3v) is 7.88. The Kier molecular flexibility index (Phi) is 4.65. The van der Waals surface area contributed by atoms with Gasteiger partial charge in [0.1, 0.15) is 12.2 Å². The van der Waals surface area contributed by atoms with E-state index in [2.05, 4.69) is 6.92 Å². The van der Waals surface area contributed by atoms with Gasteiger partial charge in [0.15, 0.2) is 0 Å². The fourth-order valence-electron chi connectivity index (χ4n) is 6.86. The summed E-state index contributed by atoms with van der Waals surface area (Å²) in [7, 11) is 0. The number of carbonyl (C=O) groups is 2. The van der Waals surface area contributed by atoms with Crippen molar-refractivity contribution in [1.82, 2.24) is 0 Å². The Balaban J connectivity index is 1.51. The molecule has 0 amide bonds. The highest BCUT2D eigenvalue weighted by Crippen LogP contribution is 2.61. The van der Waals surface area contributed by atoms with Crippen LogP contribution in [0.4, 0.5) is 0 Å². The van der Waals surface area contributed by atoms with Crippen LogP contribution in [0, 0.1) is 23.2 Å². The summed E-state index contributed by atoms with van der Waals surface area (Å²) in [5, 5.41) is 0. The number of allylic oxidation sites excluding steroid dienone is 1. The molecule has 144 valence electrons. The molecule has 4 rings (SSSR count). The smallest absolute Gasteiger partial charge is 0.302 e. The third kappa shape index (κ3) is 2.99. The average Bonchev–Trinajstić information content (AvgIpc) is 2.90. The molecular weight excluding hydrogens is 328 g/mol. The monoisotopic (exact) mass is 360 g/mol. The molecule has 4 aliphatic rings. The number of rotatable bonds is 2. The number of carbonyl (C=O) groups excluding carboxylic acids is 2. The van der Waals surface area contributed by atoms with E-state index in [0.29, 0.717) is 11.8 Å². The predicted molar refractivity (Wildman–Crippen MR) is 98.3 cm³/mol. The predicted octanol–water partition coefficient (Wildman–Crippen LogP) is 4.57. The van der Waals surface area contributed by atoms with Gasteiger partial charge in [-0.25, -0.2) is 0 Å². The van der Waals surface area contributed by atoms with Crippen molar-refractivity contribution >= 4 is 11.9 Å². The van der Waals surface area contributed by atoms with E-state index in [-0.39, 0.29) is 29.6 Å². The van der Waals surface area contributed by atoms with Crippen LogP contribution in [-0.2, 0) is 19.1 Å². The van der Waals surface area contributed by atoms with Crippen LogP contribution in [-0.4, -0.2) is 24.1 Å². The Morgan fingerprint density at radius 3 is 2.46 bits per heavy atom. The first kappa shape index (κ1) is 18.1. The molecule has 0 aliphatic heterocycles. The first-order valence-electron chi connectivity index (χ1n) is 10.4. The topological polar surface area (TPSA) is 52.6 Å². The molecule has 0 radical (unpaired) electrons. The SMILES string of the molecule is CC(=O)O[C@@H]1CCC2=C(CCC3C2CC[C@@]2(C)C3CC[C@@H]2OC(C)=O)C1. The van der Waals surface area contributed by atoms with Gasteiger partial charge in [0.2, 0.25) is 0 Å². The van der Waals surface area contributed by atoms with E-state index in [0.717, 1.165) is 31.6 Å². The zero-order valence-electron chi connectivity index (χ0n) is 16.4. The molecule has 4 nitrogen and oxygen atoms in total. The number of ether oxygens (including phenoxy) is 2. The van der Waals surface area contributed by atoms with Crippen LogP contribution in [0.1, 0.15) is 78.6 Å². The van der Waals surface area contributed by atoms with E-state index < -0.39 is 0 Å². The summed E-state index contributed by atoms with van der Waals surface area (Å²) in [5.41, 5.74) is 3.45. The van der Waals surface area contributed by atoms with E-state index >= 15 is 0 Å². The van der Waals surface area contributed by atoms with Crippen molar-refractivity contribution in [3.05, 3.63) is 11.1 Å². The number of esters is 2. The van der Waals surface area contributed by atoms with Crippen molar-refractivity contribution in [2.75, 3.05) is 0 Å². The van der Waals surface area contributed by atoms with E-state index in [1.54, 1.807) is 18.1 Å². The van der Waals surface area contributed by atoms with Crippen LogP contribution in [0.5, 0.6) is 0 Å². The Bertz CT molecular complexity index is 636. The van der Waals surface area contributed by atoms with Crippen molar-refractivity contribution in [1.29, 1.82) is 0 Å². The normalized spacial score (nSPS) is 41.7. The summed E-state index contributed by atoms with van der Waals surface area (Å²) in [6, 6.07) is 0. The number of hydrogen-bond donors (Lipinski definition) is 0. The van der Waals surface area contributed by atoms with Crippen LogP contribution in [0.3, 0.4) is 0 Å².